The summed E-state index contributed by atoms with van der Waals surface area (Å²) in [6.45, 7) is 0. The fourth-order valence-corrected chi connectivity index (χ4v) is 22.5. The molecule has 3 heteroatoms. The lowest BCUT2D eigenvalue weighted by molar-refractivity contribution is 0.464. The van der Waals surface area contributed by atoms with Crippen LogP contribution in [0.1, 0.15) is 231 Å². The van der Waals surface area contributed by atoms with E-state index in [1.807, 2.05) is 0 Å². The van der Waals surface area contributed by atoms with Crippen LogP contribution in [0.4, 0.5) is 0 Å². The molecule has 0 N–H and O–H groups in total. The van der Waals surface area contributed by atoms with Gasteiger partial charge in [-0.25, -0.2) is 0 Å². The first-order valence-corrected chi connectivity index (χ1v) is 27.1. The van der Waals surface area contributed by atoms with Crippen LogP contribution in [-0.4, -0.2) is 16.6 Å². The SMILES string of the molecule is C1CCCCCCC[Si]23CCCCCCCCCCCCCC[Si](CCCCCC1)(CCCCCCCCCCCCCC2)O3. The van der Waals surface area contributed by atoms with E-state index < -0.39 is 16.6 Å². The van der Waals surface area contributed by atoms with Crippen molar-refractivity contribution in [2.24, 2.45) is 0 Å². The highest BCUT2D eigenvalue weighted by atomic mass is 28.4. The maximum Gasteiger partial charge on any atom is 0.179 e. The van der Waals surface area contributed by atoms with Crippen LogP contribution in [0, 0.1) is 0 Å². The molecular formula is C42H84OSi2. The van der Waals surface area contributed by atoms with E-state index in [9.17, 15) is 0 Å². The van der Waals surface area contributed by atoms with Gasteiger partial charge in [-0.15, -0.1) is 0 Å². The molecule has 0 atom stereocenters. The Morgan fingerprint density at radius 2 is 0.267 bits per heavy atom. The minimum Gasteiger partial charge on any atom is -0.455 e. The Morgan fingerprint density at radius 3 is 0.400 bits per heavy atom. The summed E-state index contributed by atoms with van der Waals surface area (Å²) in [6, 6.07) is 9.18. The molecule has 266 valence electrons. The van der Waals surface area contributed by atoms with Crippen molar-refractivity contribution >= 4 is 16.6 Å². The Labute approximate surface area is 287 Å². The summed E-state index contributed by atoms with van der Waals surface area (Å²) >= 11 is 0. The summed E-state index contributed by atoms with van der Waals surface area (Å²) in [5.74, 6) is 0. The van der Waals surface area contributed by atoms with Crippen LogP contribution in [0.25, 0.3) is 0 Å². The average molecular weight is 661 g/mol. The minimum absolute atomic E-state index is 1.49. The van der Waals surface area contributed by atoms with Crippen molar-refractivity contribution in [1.82, 2.24) is 0 Å². The Balaban J connectivity index is 1.86. The van der Waals surface area contributed by atoms with E-state index in [0.29, 0.717) is 0 Å². The summed E-state index contributed by atoms with van der Waals surface area (Å²) in [5, 5.41) is 0. The molecule has 0 radical (unpaired) electrons. The fraction of sp³-hybridized carbons (Fsp3) is 1.00. The van der Waals surface area contributed by atoms with Gasteiger partial charge in [0.15, 0.2) is 16.6 Å². The maximum atomic E-state index is 8.38. The van der Waals surface area contributed by atoms with Gasteiger partial charge >= 0.3 is 0 Å². The molecule has 0 aromatic rings. The lowest BCUT2D eigenvalue weighted by atomic mass is 10.1. The lowest BCUT2D eigenvalue weighted by Gasteiger charge is -2.44. The molecule has 0 aliphatic carbocycles. The number of hydrogen-bond donors (Lipinski definition) is 0. The minimum atomic E-state index is -1.74. The van der Waals surface area contributed by atoms with Gasteiger partial charge in [0.1, 0.15) is 0 Å². The predicted octanol–water partition coefficient (Wildman–Crippen LogP) is 16.0. The second-order valence-corrected chi connectivity index (χ2v) is 25.2. The third-order valence-electron chi connectivity index (χ3n) is 12.5. The zero-order valence-electron chi connectivity index (χ0n) is 31.1. The molecule has 0 unspecified atom stereocenters. The molecule has 3 aliphatic rings. The van der Waals surface area contributed by atoms with Crippen molar-refractivity contribution in [2.45, 2.75) is 267 Å². The van der Waals surface area contributed by atoms with Gasteiger partial charge in [-0.1, -0.05) is 231 Å². The third-order valence-corrected chi connectivity index (χ3v) is 23.5. The van der Waals surface area contributed by atoms with Gasteiger partial charge in [-0.05, 0) is 36.3 Å². The van der Waals surface area contributed by atoms with Gasteiger partial charge in [0.05, 0.1) is 0 Å². The topological polar surface area (TPSA) is 9.23 Å². The molecule has 0 amide bonds. The van der Waals surface area contributed by atoms with E-state index in [0.717, 1.165) is 0 Å². The summed E-state index contributed by atoms with van der Waals surface area (Å²) in [7, 11) is -3.49. The molecule has 0 aromatic carbocycles. The molecule has 3 heterocycles. The lowest BCUT2D eigenvalue weighted by Crippen LogP contribution is -2.51. The fourth-order valence-electron chi connectivity index (χ4n) is 9.50. The quantitative estimate of drug-likeness (QED) is 0.235. The van der Waals surface area contributed by atoms with E-state index in [1.165, 1.54) is 267 Å². The zero-order chi connectivity index (χ0) is 31.4. The van der Waals surface area contributed by atoms with Crippen molar-refractivity contribution in [3.8, 4) is 0 Å². The first kappa shape index (κ1) is 39.8. The van der Waals surface area contributed by atoms with E-state index in [1.54, 1.807) is 0 Å². The summed E-state index contributed by atoms with van der Waals surface area (Å²) in [6.07, 6.45) is 53.8. The zero-order valence-corrected chi connectivity index (χ0v) is 33.1. The van der Waals surface area contributed by atoms with E-state index in [2.05, 4.69) is 0 Å². The van der Waals surface area contributed by atoms with E-state index >= 15 is 0 Å². The molecule has 3 saturated heterocycles. The Hall–Kier alpha value is 0.394. The van der Waals surface area contributed by atoms with Crippen LogP contribution >= 0.6 is 0 Å². The van der Waals surface area contributed by atoms with Crippen LogP contribution < -0.4 is 0 Å². The molecule has 3 fully saturated rings. The van der Waals surface area contributed by atoms with Gasteiger partial charge in [0.2, 0.25) is 0 Å². The van der Waals surface area contributed by atoms with E-state index in [-0.39, 0.29) is 0 Å². The molecule has 0 saturated carbocycles. The second kappa shape index (κ2) is 27.2. The monoisotopic (exact) mass is 661 g/mol. The van der Waals surface area contributed by atoms with Crippen molar-refractivity contribution in [2.75, 3.05) is 0 Å². The van der Waals surface area contributed by atoms with E-state index in [4.69, 9.17) is 4.12 Å². The van der Waals surface area contributed by atoms with Crippen molar-refractivity contribution < 1.29 is 4.12 Å². The largest absolute Gasteiger partial charge is 0.455 e. The molecule has 0 aromatic heterocycles. The van der Waals surface area contributed by atoms with Crippen molar-refractivity contribution in [1.29, 1.82) is 0 Å². The molecular weight excluding hydrogens is 577 g/mol. The van der Waals surface area contributed by atoms with Gasteiger partial charge in [0.25, 0.3) is 0 Å². The van der Waals surface area contributed by atoms with Crippen LogP contribution in [0.5, 0.6) is 0 Å². The smallest absolute Gasteiger partial charge is 0.179 e. The molecule has 3 rings (SSSR count). The van der Waals surface area contributed by atoms with Gasteiger partial charge in [-0.3, -0.25) is 0 Å². The predicted molar refractivity (Wildman–Crippen MR) is 208 cm³/mol. The number of hydrogen-bond acceptors (Lipinski definition) is 1. The summed E-state index contributed by atoms with van der Waals surface area (Å²) < 4.78 is 8.38. The summed E-state index contributed by atoms with van der Waals surface area (Å²) in [5.41, 5.74) is 0. The highest BCUT2D eigenvalue weighted by molar-refractivity contribution is 6.87. The normalized spacial score (nSPS) is 31.5. The van der Waals surface area contributed by atoms with Crippen molar-refractivity contribution in [3.05, 3.63) is 0 Å². The average Bonchev–Trinajstić information content (AvgIpc) is 3.04. The Morgan fingerprint density at radius 1 is 0.156 bits per heavy atom. The van der Waals surface area contributed by atoms with Crippen LogP contribution in [0.15, 0.2) is 0 Å². The first-order chi connectivity index (χ1) is 22.3. The standard InChI is InChI=1S/C42H84OSi2/c1-2-8-14-20-26-32-38-45-41-35-29-23-17-11-5-3-9-15-21-27-33-39-44(43-45,37-31-25-19-13-7-1)40-34-28-22-16-10-4-6-12-18-24-30-36-42-45/h1-42H2. The van der Waals surface area contributed by atoms with Gasteiger partial charge in [-0.2, -0.15) is 0 Å². The van der Waals surface area contributed by atoms with Crippen molar-refractivity contribution in [3.63, 3.8) is 0 Å². The molecule has 2 bridgehead atoms. The molecule has 45 heavy (non-hydrogen) atoms. The molecule has 0 spiro atoms. The molecule has 3 aliphatic heterocycles. The van der Waals surface area contributed by atoms with Gasteiger partial charge < -0.3 is 4.12 Å². The highest BCUT2D eigenvalue weighted by Crippen LogP contribution is 2.40. The van der Waals surface area contributed by atoms with Crippen LogP contribution in [0.3, 0.4) is 0 Å². The van der Waals surface area contributed by atoms with Crippen LogP contribution in [-0.2, 0) is 4.12 Å². The first-order valence-electron chi connectivity index (χ1n) is 22.0. The third kappa shape index (κ3) is 19.9. The Bertz CT molecular complexity index is 515. The summed E-state index contributed by atoms with van der Waals surface area (Å²) in [4.78, 5) is 0. The maximum absolute atomic E-state index is 8.38. The molecule has 1 nitrogen and oxygen atoms in total. The second-order valence-electron chi connectivity index (χ2n) is 16.7. The van der Waals surface area contributed by atoms with Crippen LogP contribution in [0.2, 0.25) is 36.3 Å². The Kier molecular flexibility index (Phi) is 24.1. The number of rotatable bonds is 0. The van der Waals surface area contributed by atoms with Gasteiger partial charge in [0, 0.05) is 0 Å². The highest BCUT2D eigenvalue weighted by Gasteiger charge is 2.43.